The fraction of sp³-hybridized carbons (Fsp3) is 0.333. The maximum atomic E-state index is 12.4. The summed E-state index contributed by atoms with van der Waals surface area (Å²) in [7, 11) is 6.05. The molecule has 0 bridgehead atoms. The van der Waals surface area contributed by atoms with Crippen molar-refractivity contribution in [2.75, 3.05) is 33.8 Å². The SMILES string of the molecule is COc1ccc(OC)c(NC(=O)C(C)OC(=O)Cc2ccc(OC)c(OC)c2)c1. The van der Waals surface area contributed by atoms with E-state index in [1.54, 1.807) is 36.4 Å². The first-order chi connectivity index (χ1) is 13.9. The zero-order valence-electron chi connectivity index (χ0n) is 17.1. The molecule has 1 amide bonds. The Bertz CT molecular complexity index is 866. The maximum Gasteiger partial charge on any atom is 0.311 e. The van der Waals surface area contributed by atoms with Gasteiger partial charge < -0.3 is 29.0 Å². The number of benzene rings is 2. The van der Waals surface area contributed by atoms with E-state index >= 15 is 0 Å². The van der Waals surface area contributed by atoms with E-state index in [1.807, 2.05) is 0 Å². The number of rotatable bonds is 9. The molecule has 1 unspecified atom stereocenters. The van der Waals surface area contributed by atoms with Gasteiger partial charge in [0.15, 0.2) is 17.6 Å². The Morgan fingerprint density at radius 2 is 1.52 bits per heavy atom. The Balaban J connectivity index is 2.00. The lowest BCUT2D eigenvalue weighted by molar-refractivity contribution is -0.152. The van der Waals surface area contributed by atoms with E-state index in [-0.39, 0.29) is 6.42 Å². The van der Waals surface area contributed by atoms with Crippen LogP contribution >= 0.6 is 0 Å². The molecule has 2 aromatic rings. The largest absolute Gasteiger partial charge is 0.497 e. The molecule has 0 aliphatic rings. The van der Waals surface area contributed by atoms with Crippen LogP contribution in [-0.4, -0.2) is 46.4 Å². The topological polar surface area (TPSA) is 92.3 Å². The third-order valence-electron chi connectivity index (χ3n) is 4.14. The summed E-state index contributed by atoms with van der Waals surface area (Å²) in [4.78, 5) is 24.7. The highest BCUT2D eigenvalue weighted by Crippen LogP contribution is 2.29. The predicted molar refractivity (Wildman–Crippen MR) is 107 cm³/mol. The number of anilines is 1. The van der Waals surface area contributed by atoms with Crippen LogP contribution in [0.2, 0.25) is 0 Å². The highest BCUT2D eigenvalue weighted by molar-refractivity contribution is 5.96. The minimum atomic E-state index is -1.00. The first kappa shape index (κ1) is 21.9. The minimum Gasteiger partial charge on any atom is -0.497 e. The molecule has 0 aromatic heterocycles. The van der Waals surface area contributed by atoms with Crippen LogP contribution in [0.25, 0.3) is 0 Å². The van der Waals surface area contributed by atoms with Gasteiger partial charge in [-0.15, -0.1) is 0 Å². The number of methoxy groups -OCH3 is 4. The van der Waals surface area contributed by atoms with Crippen molar-refractivity contribution < 1.29 is 33.3 Å². The summed E-state index contributed by atoms with van der Waals surface area (Å²) in [5, 5.41) is 2.68. The summed E-state index contributed by atoms with van der Waals surface area (Å²) >= 11 is 0. The van der Waals surface area contributed by atoms with Gasteiger partial charge in [0, 0.05) is 6.07 Å². The van der Waals surface area contributed by atoms with Gasteiger partial charge in [0.2, 0.25) is 0 Å². The second-order valence-corrected chi connectivity index (χ2v) is 6.05. The zero-order chi connectivity index (χ0) is 21.4. The average Bonchev–Trinajstić information content (AvgIpc) is 2.73. The van der Waals surface area contributed by atoms with Crippen molar-refractivity contribution in [3.8, 4) is 23.0 Å². The van der Waals surface area contributed by atoms with E-state index in [2.05, 4.69) is 5.32 Å². The second-order valence-electron chi connectivity index (χ2n) is 6.05. The number of ether oxygens (including phenoxy) is 5. The van der Waals surface area contributed by atoms with Gasteiger partial charge >= 0.3 is 5.97 Å². The first-order valence-electron chi connectivity index (χ1n) is 8.85. The van der Waals surface area contributed by atoms with E-state index in [9.17, 15) is 9.59 Å². The van der Waals surface area contributed by atoms with Crippen LogP contribution in [0.3, 0.4) is 0 Å². The summed E-state index contributed by atoms with van der Waals surface area (Å²) < 4.78 is 26.0. The molecule has 29 heavy (non-hydrogen) atoms. The Morgan fingerprint density at radius 1 is 0.862 bits per heavy atom. The molecule has 0 saturated heterocycles. The van der Waals surface area contributed by atoms with Crippen molar-refractivity contribution in [1.29, 1.82) is 0 Å². The van der Waals surface area contributed by atoms with Gasteiger partial charge in [0.25, 0.3) is 5.91 Å². The summed E-state index contributed by atoms with van der Waals surface area (Å²) in [5.74, 6) is 1.05. The third kappa shape index (κ3) is 5.78. The van der Waals surface area contributed by atoms with Gasteiger partial charge in [0.05, 0.1) is 40.5 Å². The van der Waals surface area contributed by atoms with Crippen molar-refractivity contribution >= 4 is 17.6 Å². The van der Waals surface area contributed by atoms with Crippen LogP contribution in [0, 0.1) is 0 Å². The lowest BCUT2D eigenvalue weighted by Crippen LogP contribution is -2.30. The monoisotopic (exact) mass is 403 g/mol. The Kier molecular flexibility index (Phi) is 7.70. The Morgan fingerprint density at radius 3 is 2.14 bits per heavy atom. The fourth-order valence-corrected chi connectivity index (χ4v) is 2.60. The standard InChI is InChI=1S/C21H25NO7/c1-13(21(24)22-16-12-15(25-2)7-9-17(16)26-3)29-20(23)11-14-6-8-18(27-4)19(10-14)28-5/h6-10,12-13H,11H2,1-5H3,(H,22,24). The number of esters is 1. The highest BCUT2D eigenvalue weighted by atomic mass is 16.5. The van der Waals surface area contributed by atoms with E-state index in [1.165, 1.54) is 35.4 Å². The molecule has 0 radical (unpaired) electrons. The van der Waals surface area contributed by atoms with E-state index < -0.39 is 18.0 Å². The van der Waals surface area contributed by atoms with Crippen LogP contribution < -0.4 is 24.3 Å². The van der Waals surface area contributed by atoms with Crippen LogP contribution in [0.1, 0.15) is 12.5 Å². The lowest BCUT2D eigenvalue weighted by Gasteiger charge is -2.16. The molecule has 1 atom stereocenters. The summed E-state index contributed by atoms with van der Waals surface area (Å²) in [6, 6.07) is 10.1. The smallest absolute Gasteiger partial charge is 0.311 e. The quantitative estimate of drug-likeness (QED) is 0.644. The number of hydrogen-bond acceptors (Lipinski definition) is 7. The van der Waals surface area contributed by atoms with Gasteiger partial charge in [-0.05, 0) is 36.8 Å². The van der Waals surface area contributed by atoms with Gasteiger partial charge in [-0.2, -0.15) is 0 Å². The summed E-state index contributed by atoms with van der Waals surface area (Å²) in [5.41, 5.74) is 1.09. The van der Waals surface area contributed by atoms with Crippen molar-refractivity contribution in [1.82, 2.24) is 0 Å². The predicted octanol–water partition coefficient (Wildman–Crippen LogP) is 2.83. The number of carbonyl (C=O) groups is 2. The van der Waals surface area contributed by atoms with Crippen LogP contribution in [0.15, 0.2) is 36.4 Å². The number of hydrogen-bond donors (Lipinski definition) is 1. The van der Waals surface area contributed by atoms with Gasteiger partial charge in [-0.3, -0.25) is 9.59 Å². The third-order valence-corrected chi connectivity index (χ3v) is 4.14. The molecule has 8 heteroatoms. The Labute approximate surface area is 169 Å². The molecule has 2 rings (SSSR count). The first-order valence-corrected chi connectivity index (χ1v) is 8.85. The maximum absolute atomic E-state index is 12.4. The number of amides is 1. The molecule has 8 nitrogen and oxygen atoms in total. The fourth-order valence-electron chi connectivity index (χ4n) is 2.60. The molecule has 0 aliphatic carbocycles. The summed E-state index contributed by atoms with van der Waals surface area (Å²) in [6.07, 6.45) is -1.01. The average molecular weight is 403 g/mol. The Hall–Kier alpha value is -3.42. The second kappa shape index (κ2) is 10.2. The van der Waals surface area contributed by atoms with Crippen LogP contribution in [0.4, 0.5) is 5.69 Å². The van der Waals surface area contributed by atoms with Crippen molar-refractivity contribution in [3.63, 3.8) is 0 Å². The molecular formula is C21H25NO7. The van der Waals surface area contributed by atoms with Gasteiger partial charge in [-0.1, -0.05) is 6.07 Å². The molecule has 0 aliphatic heterocycles. The highest BCUT2D eigenvalue weighted by Gasteiger charge is 2.20. The molecule has 156 valence electrons. The van der Waals surface area contributed by atoms with E-state index in [4.69, 9.17) is 23.7 Å². The van der Waals surface area contributed by atoms with E-state index in [0.717, 1.165) is 0 Å². The zero-order valence-corrected chi connectivity index (χ0v) is 17.1. The van der Waals surface area contributed by atoms with Crippen molar-refractivity contribution in [2.24, 2.45) is 0 Å². The van der Waals surface area contributed by atoms with Gasteiger partial charge in [-0.25, -0.2) is 0 Å². The van der Waals surface area contributed by atoms with Crippen LogP contribution in [-0.2, 0) is 20.7 Å². The van der Waals surface area contributed by atoms with Crippen LogP contribution in [0.5, 0.6) is 23.0 Å². The molecule has 0 spiro atoms. The minimum absolute atomic E-state index is 0.0134. The molecule has 0 fully saturated rings. The van der Waals surface area contributed by atoms with Crippen molar-refractivity contribution in [3.05, 3.63) is 42.0 Å². The molecule has 0 saturated carbocycles. The molecule has 1 N–H and O–H groups in total. The molecule has 2 aromatic carbocycles. The van der Waals surface area contributed by atoms with Crippen molar-refractivity contribution in [2.45, 2.75) is 19.4 Å². The number of nitrogens with one attached hydrogen (secondary N) is 1. The van der Waals surface area contributed by atoms with E-state index in [0.29, 0.717) is 34.2 Å². The molecular weight excluding hydrogens is 378 g/mol. The summed E-state index contributed by atoms with van der Waals surface area (Å²) in [6.45, 7) is 1.49. The normalized spacial score (nSPS) is 11.2. The lowest BCUT2D eigenvalue weighted by atomic mass is 10.1. The number of carbonyl (C=O) groups excluding carboxylic acids is 2. The molecule has 0 heterocycles. The van der Waals surface area contributed by atoms with Gasteiger partial charge in [0.1, 0.15) is 11.5 Å².